The van der Waals surface area contributed by atoms with Gasteiger partial charge in [-0.15, -0.1) is 0 Å². The quantitative estimate of drug-likeness (QED) is 0.645. The molecule has 0 rings (SSSR count). The van der Waals surface area contributed by atoms with E-state index in [0.29, 0.717) is 19.6 Å². The van der Waals surface area contributed by atoms with Crippen LogP contribution in [0, 0.1) is 0 Å². The molecule has 1 N–H and O–H groups in total. The molecule has 0 heterocycles. The van der Waals surface area contributed by atoms with Crippen molar-refractivity contribution in [2.75, 3.05) is 26.9 Å². The molecule has 4 nitrogen and oxygen atoms in total. The molecule has 0 radical (unpaired) electrons. The fraction of sp³-hybridized carbons (Fsp3) is 0.900. The van der Waals surface area contributed by atoms with Crippen molar-refractivity contribution >= 4 is 5.91 Å². The summed E-state index contributed by atoms with van der Waals surface area (Å²) in [5, 5.41) is 9.06. The molecule has 14 heavy (non-hydrogen) atoms. The van der Waals surface area contributed by atoms with E-state index in [2.05, 4.69) is 0 Å². The standard InChI is InChI=1S/C10H21NO3/c1-5-14-7-6-9(13)11(4)10(2,3)8-12/h12H,5-8H2,1-4H3. The van der Waals surface area contributed by atoms with Crippen molar-refractivity contribution < 1.29 is 14.6 Å². The van der Waals surface area contributed by atoms with E-state index < -0.39 is 5.54 Å². The summed E-state index contributed by atoms with van der Waals surface area (Å²) in [7, 11) is 1.70. The zero-order valence-corrected chi connectivity index (χ0v) is 9.54. The first-order chi connectivity index (χ1) is 6.45. The number of rotatable bonds is 6. The number of carbonyl (C=O) groups is 1. The smallest absolute Gasteiger partial charge is 0.225 e. The Morgan fingerprint density at radius 1 is 1.50 bits per heavy atom. The molecule has 0 aliphatic carbocycles. The third-order valence-electron chi connectivity index (χ3n) is 2.33. The van der Waals surface area contributed by atoms with Gasteiger partial charge in [-0.2, -0.15) is 0 Å². The van der Waals surface area contributed by atoms with Gasteiger partial charge in [0.2, 0.25) is 5.91 Å². The van der Waals surface area contributed by atoms with E-state index in [4.69, 9.17) is 9.84 Å². The summed E-state index contributed by atoms with van der Waals surface area (Å²) in [5.74, 6) is -0.00231. The minimum atomic E-state index is -0.497. The summed E-state index contributed by atoms with van der Waals surface area (Å²) < 4.78 is 5.09. The third kappa shape index (κ3) is 4.07. The van der Waals surface area contributed by atoms with Crippen molar-refractivity contribution in [3.05, 3.63) is 0 Å². The van der Waals surface area contributed by atoms with Crippen LogP contribution in [0.2, 0.25) is 0 Å². The van der Waals surface area contributed by atoms with E-state index in [0.717, 1.165) is 0 Å². The molecule has 0 saturated carbocycles. The Labute approximate surface area is 85.9 Å². The van der Waals surface area contributed by atoms with Crippen LogP contribution in [0.1, 0.15) is 27.2 Å². The molecular formula is C10H21NO3. The van der Waals surface area contributed by atoms with Crippen LogP contribution in [0.3, 0.4) is 0 Å². The van der Waals surface area contributed by atoms with Gasteiger partial charge in [0, 0.05) is 13.7 Å². The Morgan fingerprint density at radius 3 is 2.50 bits per heavy atom. The minimum absolute atomic E-state index is 0.00231. The predicted molar refractivity (Wildman–Crippen MR) is 55.0 cm³/mol. The fourth-order valence-corrected chi connectivity index (χ4v) is 0.915. The lowest BCUT2D eigenvalue weighted by Crippen LogP contribution is -2.47. The van der Waals surface area contributed by atoms with Gasteiger partial charge in [-0.25, -0.2) is 0 Å². The zero-order valence-electron chi connectivity index (χ0n) is 9.54. The van der Waals surface area contributed by atoms with Crippen LogP contribution < -0.4 is 0 Å². The largest absolute Gasteiger partial charge is 0.394 e. The van der Waals surface area contributed by atoms with Gasteiger partial charge in [0.05, 0.1) is 25.2 Å². The molecule has 0 fully saturated rings. The molecule has 0 spiro atoms. The van der Waals surface area contributed by atoms with Gasteiger partial charge in [0.1, 0.15) is 0 Å². The summed E-state index contributed by atoms with van der Waals surface area (Å²) in [5.41, 5.74) is -0.497. The van der Waals surface area contributed by atoms with Crippen LogP contribution in [-0.4, -0.2) is 48.3 Å². The number of carbonyl (C=O) groups excluding carboxylic acids is 1. The van der Waals surface area contributed by atoms with Crippen molar-refractivity contribution in [1.82, 2.24) is 4.90 Å². The molecule has 1 amide bonds. The number of ether oxygens (including phenoxy) is 1. The lowest BCUT2D eigenvalue weighted by Gasteiger charge is -2.33. The SMILES string of the molecule is CCOCCC(=O)N(C)C(C)(C)CO. The second-order valence-electron chi connectivity index (χ2n) is 3.87. The van der Waals surface area contributed by atoms with Crippen LogP contribution in [0.15, 0.2) is 0 Å². The Kier molecular flexibility index (Phi) is 5.72. The van der Waals surface area contributed by atoms with Crippen molar-refractivity contribution in [2.45, 2.75) is 32.7 Å². The molecular weight excluding hydrogens is 182 g/mol. The molecule has 0 unspecified atom stereocenters. The molecule has 0 aliphatic rings. The maximum atomic E-state index is 11.6. The maximum absolute atomic E-state index is 11.6. The maximum Gasteiger partial charge on any atom is 0.225 e. The first kappa shape index (κ1) is 13.4. The molecule has 0 saturated heterocycles. The molecule has 4 heteroatoms. The molecule has 0 bridgehead atoms. The van der Waals surface area contributed by atoms with Gasteiger partial charge in [-0.1, -0.05) is 0 Å². The van der Waals surface area contributed by atoms with Crippen LogP contribution in [0.25, 0.3) is 0 Å². The highest BCUT2D eigenvalue weighted by Crippen LogP contribution is 2.12. The van der Waals surface area contributed by atoms with Gasteiger partial charge in [0.25, 0.3) is 0 Å². The van der Waals surface area contributed by atoms with Gasteiger partial charge in [-0.3, -0.25) is 4.79 Å². The average Bonchev–Trinajstić information content (AvgIpc) is 2.17. The van der Waals surface area contributed by atoms with Crippen LogP contribution in [0.4, 0.5) is 0 Å². The zero-order chi connectivity index (χ0) is 11.2. The summed E-state index contributed by atoms with van der Waals surface area (Å²) in [6, 6.07) is 0. The topological polar surface area (TPSA) is 49.8 Å². The van der Waals surface area contributed by atoms with Crippen LogP contribution in [-0.2, 0) is 9.53 Å². The molecule has 0 aromatic heterocycles. The second kappa shape index (κ2) is 5.98. The summed E-state index contributed by atoms with van der Waals surface area (Å²) in [6.45, 7) is 6.58. The highest BCUT2D eigenvalue weighted by Gasteiger charge is 2.26. The average molecular weight is 203 g/mol. The highest BCUT2D eigenvalue weighted by atomic mass is 16.5. The number of hydrogen-bond donors (Lipinski definition) is 1. The van der Waals surface area contributed by atoms with Crippen LogP contribution >= 0.6 is 0 Å². The van der Waals surface area contributed by atoms with Crippen molar-refractivity contribution in [2.24, 2.45) is 0 Å². The Hall–Kier alpha value is -0.610. The van der Waals surface area contributed by atoms with Crippen molar-refractivity contribution in [3.8, 4) is 0 Å². The summed E-state index contributed by atoms with van der Waals surface area (Å²) >= 11 is 0. The fourth-order valence-electron chi connectivity index (χ4n) is 0.915. The van der Waals surface area contributed by atoms with Crippen LogP contribution in [0.5, 0.6) is 0 Å². The Balaban J connectivity index is 3.99. The number of hydrogen-bond acceptors (Lipinski definition) is 3. The van der Waals surface area contributed by atoms with E-state index >= 15 is 0 Å². The Bertz CT molecular complexity index is 180. The summed E-state index contributed by atoms with van der Waals surface area (Å²) in [6.07, 6.45) is 0.369. The molecule has 84 valence electrons. The predicted octanol–water partition coefficient (Wildman–Crippen LogP) is 0.642. The van der Waals surface area contributed by atoms with E-state index in [1.807, 2.05) is 20.8 Å². The lowest BCUT2D eigenvalue weighted by molar-refractivity contribution is -0.137. The van der Waals surface area contributed by atoms with E-state index in [1.165, 1.54) is 0 Å². The first-order valence-electron chi connectivity index (χ1n) is 4.91. The van der Waals surface area contributed by atoms with E-state index in [1.54, 1.807) is 11.9 Å². The number of nitrogens with zero attached hydrogens (tertiary/aromatic N) is 1. The number of amides is 1. The van der Waals surface area contributed by atoms with E-state index in [9.17, 15) is 4.79 Å². The number of aliphatic hydroxyl groups is 1. The molecule has 0 atom stereocenters. The highest BCUT2D eigenvalue weighted by molar-refractivity contribution is 5.76. The van der Waals surface area contributed by atoms with Gasteiger partial charge in [-0.05, 0) is 20.8 Å². The summed E-state index contributed by atoms with van der Waals surface area (Å²) in [4.78, 5) is 13.1. The number of likely N-dealkylation sites (N-methyl/N-ethyl adjacent to an activating group) is 1. The van der Waals surface area contributed by atoms with Gasteiger partial charge < -0.3 is 14.7 Å². The lowest BCUT2D eigenvalue weighted by atomic mass is 10.0. The third-order valence-corrected chi connectivity index (χ3v) is 2.33. The molecule has 0 aliphatic heterocycles. The minimum Gasteiger partial charge on any atom is -0.394 e. The van der Waals surface area contributed by atoms with Gasteiger partial charge >= 0.3 is 0 Å². The number of aliphatic hydroxyl groups excluding tert-OH is 1. The monoisotopic (exact) mass is 203 g/mol. The normalized spacial score (nSPS) is 11.5. The van der Waals surface area contributed by atoms with Gasteiger partial charge in [0.15, 0.2) is 0 Å². The Morgan fingerprint density at radius 2 is 2.07 bits per heavy atom. The second-order valence-corrected chi connectivity index (χ2v) is 3.87. The molecule has 0 aromatic rings. The van der Waals surface area contributed by atoms with Crippen molar-refractivity contribution in [3.63, 3.8) is 0 Å². The first-order valence-corrected chi connectivity index (χ1v) is 4.91. The van der Waals surface area contributed by atoms with Crippen molar-refractivity contribution in [1.29, 1.82) is 0 Å². The molecule has 0 aromatic carbocycles. The van der Waals surface area contributed by atoms with E-state index in [-0.39, 0.29) is 12.5 Å².